The van der Waals surface area contributed by atoms with E-state index in [1.54, 1.807) is 29.5 Å². The van der Waals surface area contributed by atoms with Crippen LogP contribution in [0.15, 0.2) is 24.3 Å². The molecule has 4 nitrogen and oxygen atoms in total. The van der Waals surface area contributed by atoms with Gasteiger partial charge in [-0.1, -0.05) is 13.0 Å². The fourth-order valence-corrected chi connectivity index (χ4v) is 4.38. The van der Waals surface area contributed by atoms with Crippen molar-refractivity contribution in [3.8, 4) is 11.8 Å². The Bertz CT molecular complexity index is 804. The number of nitrogens with zero attached hydrogens (tertiary/aromatic N) is 1. The minimum atomic E-state index is -0.209. The van der Waals surface area contributed by atoms with Gasteiger partial charge in [0.2, 0.25) is 0 Å². The molecule has 1 aromatic heterocycles. The molecule has 0 radical (unpaired) electrons. The van der Waals surface area contributed by atoms with Crippen molar-refractivity contribution < 1.29 is 9.53 Å². The number of amides is 1. The SMILES string of the molecule is CCOc1cccc(C(=O)Nc2sc3c(c2C#N)CC[C@H](C)C3)c1. The summed E-state index contributed by atoms with van der Waals surface area (Å²) in [5.74, 6) is 1.10. The third kappa shape index (κ3) is 3.29. The topological polar surface area (TPSA) is 62.1 Å². The molecule has 0 unspecified atom stereocenters. The van der Waals surface area contributed by atoms with Gasteiger partial charge in [0.05, 0.1) is 12.2 Å². The number of hydrogen-bond acceptors (Lipinski definition) is 4. The molecule has 1 N–H and O–H groups in total. The second kappa shape index (κ2) is 7.06. The lowest BCUT2D eigenvalue weighted by molar-refractivity contribution is 0.102. The van der Waals surface area contributed by atoms with E-state index in [1.807, 2.05) is 13.0 Å². The molecule has 1 aliphatic carbocycles. The fraction of sp³-hybridized carbons (Fsp3) is 0.368. The molecule has 1 aliphatic rings. The highest BCUT2D eigenvalue weighted by Gasteiger charge is 2.24. The lowest BCUT2D eigenvalue weighted by Crippen LogP contribution is -2.12. The van der Waals surface area contributed by atoms with E-state index in [1.165, 1.54) is 4.88 Å². The second-order valence-electron chi connectivity index (χ2n) is 6.08. The van der Waals surface area contributed by atoms with Crippen LogP contribution in [0.4, 0.5) is 5.00 Å². The number of nitriles is 1. The third-order valence-corrected chi connectivity index (χ3v) is 5.43. The van der Waals surface area contributed by atoms with Gasteiger partial charge in [0.15, 0.2) is 0 Å². The summed E-state index contributed by atoms with van der Waals surface area (Å²) in [6.07, 6.45) is 3.01. The number of fused-ring (bicyclic) bond motifs is 1. The van der Waals surface area contributed by atoms with E-state index in [2.05, 4.69) is 18.3 Å². The van der Waals surface area contributed by atoms with Crippen molar-refractivity contribution in [3.63, 3.8) is 0 Å². The van der Waals surface area contributed by atoms with Gasteiger partial charge in [-0.15, -0.1) is 11.3 Å². The molecule has 5 heteroatoms. The lowest BCUT2D eigenvalue weighted by atomic mass is 9.88. The highest BCUT2D eigenvalue weighted by atomic mass is 32.1. The Kier molecular flexibility index (Phi) is 4.86. The molecule has 0 saturated carbocycles. The largest absolute Gasteiger partial charge is 0.494 e. The maximum atomic E-state index is 12.5. The Balaban J connectivity index is 1.85. The van der Waals surface area contributed by atoms with Gasteiger partial charge in [-0.2, -0.15) is 5.26 Å². The van der Waals surface area contributed by atoms with E-state index in [0.29, 0.717) is 34.4 Å². The molecule has 1 amide bonds. The molecule has 1 atom stereocenters. The van der Waals surface area contributed by atoms with Crippen LogP contribution < -0.4 is 10.1 Å². The number of ether oxygens (including phenoxy) is 1. The van der Waals surface area contributed by atoms with E-state index < -0.39 is 0 Å². The number of nitrogens with one attached hydrogen (secondary N) is 1. The van der Waals surface area contributed by atoms with Gasteiger partial charge in [0, 0.05) is 10.4 Å². The molecular formula is C19H20N2O2S. The standard InChI is InChI=1S/C19H20N2O2S/c1-3-23-14-6-4-5-13(10-14)18(22)21-19-16(11-20)15-8-7-12(2)9-17(15)24-19/h4-6,10,12H,3,7-9H2,1-2H3,(H,21,22)/t12-/m0/s1. The van der Waals surface area contributed by atoms with Crippen molar-refractivity contribution in [3.05, 3.63) is 45.8 Å². The molecule has 24 heavy (non-hydrogen) atoms. The number of anilines is 1. The average Bonchev–Trinajstić information content (AvgIpc) is 2.91. The van der Waals surface area contributed by atoms with Crippen LogP contribution in [0.1, 0.15) is 46.6 Å². The van der Waals surface area contributed by atoms with Crippen LogP contribution in [0.2, 0.25) is 0 Å². The molecule has 2 aromatic rings. The minimum absolute atomic E-state index is 0.209. The van der Waals surface area contributed by atoms with Crippen molar-refractivity contribution >= 4 is 22.2 Å². The number of benzene rings is 1. The molecule has 0 bridgehead atoms. The molecule has 1 heterocycles. The van der Waals surface area contributed by atoms with Crippen LogP contribution in [-0.4, -0.2) is 12.5 Å². The maximum Gasteiger partial charge on any atom is 0.256 e. The van der Waals surface area contributed by atoms with Crippen molar-refractivity contribution in [1.29, 1.82) is 5.26 Å². The van der Waals surface area contributed by atoms with Gasteiger partial charge in [-0.05, 0) is 55.9 Å². The normalized spacial score (nSPS) is 16.1. The number of carbonyl (C=O) groups is 1. The van der Waals surface area contributed by atoms with Gasteiger partial charge in [-0.3, -0.25) is 4.79 Å². The molecule has 124 valence electrons. The maximum absolute atomic E-state index is 12.5. The number of carbonyl (C=O) groups excluding carboxylic acids is 1. The zero-order valence-electron chi connectivity index (χ0n) is 13.9. The van der Waals surface area contributed by atoms with E-state index in [4.69, 9.17) is 4.74 Å². The van der Waals surface area contributed by atoms with Gasteiger partial charge in [0.1, 0.15) is 16.8 Å². The van der Waals surface area contributed by atoms with Gasteiger partial charge in [-0.25, -0.2) is 0 Å². The van der Waals surface area contributed by atoms with E-state index in [0.717, 1.165) is 24.8 Å². The summed E-state index contributed by atoms with van der Waals surface area (Å²) in [4.78, 5) is 13.8. The molecule has 0 aliphatic heterocycles. The first kappa shape index (κ1) is 16.5. The Labute approximate surface area is 146 Å². The first-order chi connectivity index (χ1) is 11.6. The van der Waals surface area contributed by atoms with Crippen LogP contribution in [0, 0.1) is 17.2 Å². The monoisotopic (exact) mass is 340 g/mol. The van der Waals surface area contributed by atoms with Crippen molar-refractivity contribution in [2.45, 2.75) is 33.1 Å². The summed E-state index contributed by atoms with van der Waals surface area (Å²) < 4.78 is 5.44. The van der Waals surface area contributed by atoms with Crippen LogP contribution in [0.5, 0.6) is 5.75 Å². The summed E-state index contributed by atoms with van der Waals surface area (Å²) in [5, 5.41) is 13.1. The van der Waals surface area contributed by atoms with Crippen molar-refractivity contribution in [2.75, 3.05) is 11.9 Å². The Morgan fingerprint density at radius 3 is 3.08 bits per heavy atom. The molecule has 1 aromatic carbocycles. The zero-order chi connectivity index (χ0) is 17.1. The summed E-state index contributed by atoms with van der Waals surface area (Å²) in [6, 6.07) is 9.37. The van der Waals surface area contributed by atoms with E-state index in [-0.39, 0.29) is 5.91 Å². The summed E-state index contributed by atoms with van der Waals surface area (Å²) in [6.45, 7) is 4.69. The highest BCUT2D eigenvalue weighted by Crippen LogP contribution is 2.39. The van der Waals surface area contributed by atoms with Crippen molar-refractivity contribution in [2.24, 2.45) is 5.92 Å². The predicted octanol–water partition coefficient (Wildman–Crippen LogP) is 4.40. The van der Waals surface area contributed by atoms with Crippen LogP contribution in [0.25, 0.3) is 0 Å². The third-order valence-electron chi connectivity index (χ3n) is 4.26. The number of rotatable bonds is 4. The first-order valence-corrected chi connectivity index (χ1v) is 9.02. The predicted molar refractivity (Wildman–Crippen MR) is 95.8 cm³/mol. The summed E-state index contributed by atoms with van der Waals surface area (Å²) >= 11 is 1.54. The van der Waals surface area contributed by atoms with E-state index >= 15 is 0 Å². The molecule has 0 fully saturated rings. The summed E-state index contributed by atoms with van der Waals surface area (Å²) in [5.41, 5.74) is 2.29. The molecule has 3 rings (SSSR count). The molecule has 0 saturated heterocycles. The molecular weight excluding hydrogens is 320 g/mol. The Morgan fingerprint density at radius 2 is 2.33 bits per heavy atom. The quantitative estimate of drug-likeness (QED) is 0.897. The molecule has 0 spiro atoms. The number of hydrogen-bond donors (Lipinski definition) is 1. The lowest BCUT2D eigenvalue weighted by Gasteiger charge is -2.17. The van der Waals surface area contributed by atoms with Crippen LogP contribution in [0.3, 0.4) is 0 Å². The number of thiophene rings is 1. The van der Waals surface area contributed by atoms with Crippen LogP contribution in [-0.2, 0) is 12.8 Å². The average molecular weight is 340 g/mol. The summed E-state index contributed by atoms with van der Waals surface area (Å²) in [7, 11) is 0. The minimum Gasteiger partial charge on any atom is -0.494 e. The second-order valence-corrected chi connectivity index (χ2v) is 7.19. The van der Waals surface area contributed by atoms with E-state index in [9.17, 15) is 10.1 Å². The van der Waals surface area contributed by atoms with Gasteiger partial charge in [0.25, 0.3) is 5.91 Å². The zero-order valence-corrected chi connectivity index (χ0v) is 14.7. The Hall–Kier alpha value is -2.32. The van der Waals surface area contributed by atoms with Gasteiger partial charge >= 0.3 is 0 Å². The van der Waals surface area contributed by atoms with Crippen molar-refractivity contribution in [1.82, 2.24) is 0 Å². The van der Waals surface area contributed by atoms with Crippen LogP contribution >= 0.6 is 11.3 Å². The first-order valence-electron chi connectivity index (χ1n) is 8.21. The fourth-order valence-electron chi connectivity index (χ4n) is 3.03. The highest BCUT2D eigenvalue weighted by molar-refractivity contribution is 7.16. The van der Waals surface area contributed by atoms with Gasteiger partial charge < -0.3 is 10.1 Å². The smallest absolute Gasteiger partial charge is 0.256 e. The Morgan fingerprint density at radius 1 is 1.50 bits per heavy atom.